The maximum atomic E-state index is 6.04. The van der Waals surface area contributed by atoms with Gasteiger partial charge in [0.25, 0.3) is 0 Å². The first kappa shape index (κ1) is 23.0. The summed E-state index contributed by atoms with van der Waals surface area (Å²) in [6.07, 6.45) is 1.45. The zero-order valence-electron chi connectivity index (χ0n) is 19.9. The van der Waals surface area contributed by atoms with E-state index < -0.39 is 0 Å². The van der Waals surface area contributed by atoms with Crippen molar-refractivity contribution >= 4 is 10.9 Å². The molecule has 1 aromatic heterocycles. The van der Waals surface area contributed by atoms with Crippen LogP contribution in [0.25, 0.3) is 10.9 Å². The number of rotatable bonds is 9. The zero-order chi connectivity index (χ0) is 24.7. The Labute approximate surface area is 208 Å². The monoisotopic (exact) mass is 480 g/mol. The van der Waals surface area contributed by atoms with Gasteiger partial charge in [-0.1, -0.05) is 36.4 Å². The highest BCUT2D eigenvalue weighted by molar-refractivity contribution is 5.87. The molecule has 0 saturated heterocycles. The van der Waals surface area contributed by atoms with Crippen molar-refractivity contribution in [3.63, 3.8) is 0 Å². The summed E-state index contributed by atoms with van der Waals surface area (Å²) in [5.41, 5.74) is 1.79. The molecular weight excluding hydrogens is 456 g/mol. The summed E-state index contributed by atoms with van der Waals surface area (Å²) in [4.78, 5) is 8.61. The molecule has 0 spiro atoms. The van der Waals surface area contributed by atoms with Gasteiger partial charge in [-0.2, -0.15) is 0 Å². The summed E-state index contributed by atoms with van der Waals surface area (Å²) < 4.78 is 28.7. The molecule has 0 N–H and O–H groups in total. The fourth-order valence-electron chi connectivity index (χ4n) is 3.63. The minimum Gasteiger partial charge on any atom is -0.493 e. The Kier molecular flexibility index (Phi) is 6.80. The maximum absolute atomic E-state index is 6.04. The lowest BCUT2D eigenvalue weighted by Crippen LogP contribution is -1.95. The average molecular weight is 481 g/mol. The molecule has 7 heteroatoms. The highest BCUT2D eigenvalue weighted by Gasteiger charge is 2.12. The van der Waals surface area contributed by atoms with E-state index in [1.165, 1.54) is 6.33 Å². The fraction of sp³-hybridized carbons (Fsp3) is 0.103. The Balaban J connectivity index is 1.27. The minimum absolute atomic E-state index is 0.415. The molecule has 36 heavy (non-hydrogen) atoms. The van der Waals surface area contributed by atoms with E-state index in [4.69, 9.17) is 23.7 Å². The van der Waals surface area contributed by atoms with Crippen LogP contribution >= 0.6 is 0 Å². The van der Waals surface area contributed by atoms with Crippen LogP contribution in [0.15, 0.2) is 97.3 Å². The van der Waals surface area contributed by atoms with E-state index in [1.807, 2.05) is 78.9 Å². The Morgan fingerprint density at radius 3 is 2.06 bits per heavy atom. The molecule has 0 atom stereocenters. The van der Waals surface area contributed by atoms with Crippen molar-refractivity contribution in [1.82, 2.24) is 9.97 Å². The van der Waals surface area contributed by atoms with E-state index in [9.17, 15) is 0 Å². The van der Waals surface area contributed by atoms with Crippen LogP contribution in [0.2, 0.25) is 0 Å². The third kappa shape index (κ3) is 5.31. The van der Waals surface area contributed by atoms with Crippen molar-refractivity contribution in [2.45, 2.75) is 6.61 Å². The maximum Gasteiger partial charge on any atom is 0.230 e. The van der Waals surface area contributed by atoms with Gasteiger partial charge in [-0.25, -0.2) is 9.97 Å². The van der Waals surface area contributed by atoms with Crippen LogP contribution in [0.4, 0.5) is 0 Å². The molecule has 7 nitrogen and oxygen atoms in total. The van der Waals surface area contributed by atoms with Crippen LogP contribution in [0, 0.1) is 0 Å². The lowest BCUT2D eigenvalue weighted by atomic mass is 10.2. The zero-order valence-corrected chi connectivity index (χ0v) is 19.9. The third-order valence-corrected chi connectivity index (χ3v) is 5.43. The average Bonchev–Trinajstić information content (AvgIpc) is 2.93. The molecule has 180 valence electrons. The fourth-order valence-corrected chi connectivity index (χ4v) is 3.63. The predicted octanol–water partition coefficient (Wildman–Crippen LogP) is 6.81. The summed E-state index contributed by atoms with van der Waals surface area (Å²) in [6.45, 7) is 0.493. The minimum atomic E-state index is 0.415. The lowest BCUT2D eigenvalue weighted by Gasteiger charge is -2.12. The third-order valence-electron chi connectivity index (χ3n) is 5.43. The van der Waals surface area contributed by atoms with Gasteiger partial charge in [-0.05, 0) is 48.0 Å². The molecule has 0 fully saturated rings. The highest BCUT2D eigenvalue weighted by atomic mass is 16.5. The van der Waals surface area contributed by atoms with Gasteiger partial charge < -0.3 is 23.7 Å². The molecule has 0 amide bonds. The molecular formula is C29H24N2O5. The Hall–Kier alpha value is -4.78. The first-order chi connectivity index (χ1) is 17.7. The van der Waals surface area contributed by atoms with Crippen LogP contribution in [-0.2, 0) is 6.61 Å². The first-order valence-corrected chi connectivity index (χ1v) is 11.3. The number of benzene rings is 4. The quantitative estimate of drug-likeness (QED) is 0.229. The van der Waals surface area contributed by atoms with Crippen molar-refractivity contribution in [3.8, 4) is 40.4 Å². The number of hydrogen-bond donors (Lipinski definition) is 0. The van der Waals surface area contributed by atoms with Crippen LogP contribution in [0.1, 0.15) is 5.56 Å². The van der Waals surface area contributed by atoms with Gasteiger partial charge in [-0.15, -0.1) is 0 Å². The molecule has 5 rings (SSSR count). The van der Waals surface area contributed by atoms with E-state index in [1.54, 1.807) is 26.4 Å². The Bertz CT molecular complexity index is 1460. The number of aromatic nitrogens is 2. The first-order valence-electron chi connectivity index (χ1n) is 11.3. The molecule has 0 saturated carbocycles. The molecule has 4 aromatic carbocycles. The smallest absolute Gasteiger partial charge is 0.230 e. The summed E-state index contributed by atoms with van der Waals surface area (Å²) in [6, 6.07) is 28.5. The number of hydrogen-bond acceptors (Lipinski definition) is 7. The number of ether oxygens (including phenoxy) is 5. The second-order valence-corrected chi connectivity index (χ2v) is 7.83. The molecule has 0 bridgehead atoms. The van der Waals surface area contributed by atoms with Gasteiger partial charge in [0.2, 0.25) is 5.88 Å². The van der Waals surface area contributed by atoms with Crippen molar-refractivity contribution < 1.29 is 23.7 Å². The van der Waals surface area contributed by atoms with Crippen molar-refractivity contribution in [3.05, 3.63) is 103 Å². The van der Waals surface area contributed by atoms with Gasteiger partial charge in [-0.3, -0.25) is 0 Å². The number of fused-ring (bicyclic) bond motifs is 1. The topological polar surface area (TPSA) is 71.9 Å². The van der Waals surface area contributed by atoms with Crippen LogP contribution in [0.3, 0.4) is 0 Å². The van der Waals surface area contributed by atoms with E-state index in [0.717, 1.165) is 11.3 Å². The normalized spacial score (nSPS) is 10.6. The summed E-state index contributed by atoms with van der Waals surface area (Å²) in [7, 11) is 3.16. The molecule has 0 unspecified atom stereocenters. The number of methoxy groups -OCH3 is 2. The van der Waals surface area contributed by atoms with Crippen molar-refractivity contribution in [2.24, 2.45) is 0 Å². The molecule has 0 radical (unpaired) electrons. The van der Waals surface area contributed by atoms with Crippen molar-refractivity contribution in [1.29, 1.82) is 0 Å². The van der Waals surface area contributed by atoms with E-state index in [-0.39, 0.29) is 0 Å². The molecule has 0 aliphatic carbocycles. The summed E-state index contributed by atoms with van der Waals surface area (Å²) in [5.74, 6) is 4.27. The van der Waals surface area contributed by atoms with Gasteiger partial charge >= 0.3 is 0 Å². The van der Waals surface area contributed by atoms with Crippen LogP contribution < -0.4 is 23.7 Å². The van der Waals surface area contributed by atoms with E-state index in [2.05, 4.69) is 9.97 Å². The van der Waals surface area contributed by atoms with E-state index in [0.29, 0.717) is 52.1 Å². The predicted molar refractivity (Wildman–Crippen MR) is 136 cm³/mol. The van der Waals surface area contributed by atoms with Gasteiger partial charge in [0.05, 0.1) is 25.1 Å². The van der Waals surface area contributed by atoms with Crippen LogP contribution in [0.5, 0.6) is 40.4 Å². The lowest BCUT2D eigenvalue weighted by molar-refractivity contribution is 0.304. The Morgan fingerprint density at radius 2 is 1.31 bits per heavy atom. The largest absolute Gasteiger partial charge is 0.493 e. The Morgan fingerprint density at radius 1 is 0.611 bits per heavy atom. The highest BCUT2D eigenvalue weighted by Crippen LogP contribution is 2.36. The summed E-state index contributed by atoms with van der Waals surface area (Å²) in [5, 5.41) is 0.711. The van der Waals surface area contributed by atoms with Gasteiger partial charge in [0, 0.05) is 12.1 Å². The van der Waals surface area contributed by atoms with Crippen molar-refractivity contribution in [2.75, 3.05) is 14.2 Å². The van der Waals surface area contributed by atoms with Crippen LogP contribution in [-0.4, -0.2) is 24.2 Å². The standard InChI is InChI=1S/C29H24N2O5/c1-32-27-16-25-26(17-28(27)33-2)30-19-31-29(25)36-22-13-11-21(12-14-22)35-24-10-6-9-23(15-24)34-18-20-7-4-3-5-8-20/h3-17,19H,18H2,1-2H3. The molecule has 5 aromatic rings. The molecule has 1 heterocycles. The molecule has 0 aliphatic heterocycles. The summed E-state index contributed by atoms with van der Waals surface area (Å²) >= 11 is 0. The second-order valence-electron chi connectivity index (χ2n) is 7.83. The second kappa shape index (κ2) is 10.7. The van der Waals surface area contributed by atoms with Gasteiger partial charge in [0.1, 0.15) is 35.9 Å². The van der Waals surface area contributed by atoms with E-state index >= 15 is 0 Å². The SMILES string of the molecule is COc1cc2ncnc(Oc3ccc(Oc4cccc(OCc5ccccc5)c4)cc3)c2cc1OC. The molecule has 0 aliphatic rings. The van der Waals surface area contributed by atoms with Gasteiger partial charge in [0.15, 0.2) is 11.5 Å². The number of nitrogens with zero attached hydrogens (tertiary/aromatic N) is 2.